The number of rotatable bonds is 2. The van der Waals surface area contributed by atoms with E-state index in [1.165, 1.54) is 6.08 Å². The number of benzene rings is 1. The molecule has 0 aliphatic rings. The van der Waals surface area contributed by atoms with Gasteiger partial charge in [0.1, 0.15) is 5.15 Å². The number of hydrogen-bond donors (Lipinski definition) is 1. The average Bonchev–Trinajstić information content (AvgIpc) is 2.34. The van der Waals surface area contributed by atoms with Crippen molar-refractivity contribution in [1.29, 1.82) is 0 Å². The summed E-state index contributed by atoms with van der Waals surface area (Å²) in [5, 5.41) is 9.94. The number of halogens is 1. The van der Waals surface area contributed by atoms with Crippen LogP contribution in [0, 0.1) is 0 Å². The molecule has 4 heteroatoms. The Bertz CT molecular complexity index is 699. The van der Waals surface area contributed by atoms with Crippen molar-refractivity contribution >= 4 is 34.5 Å². The summed E-state index contributed by atoms with van der Waals surface area (Å²) in [6.45, 7) is 6.36. The Kier molecular flexibility index (Phi) is 3.82. The van der Waals surface area contributed by atoms with Crippen LogP contribution in [0.3, 0.4) is 0 Å². The van der Waals surface area contributed by atoms with Crippen LogP contribution in [0.15, 0.2) is 30.3 Å². The number of aliphatic carboxylic acids is 1. The zero-order valence-electron chi connectivity index (χ0n) is 11.6. The van der Waals surface area contributed by atoms with Crippen molar-refractivity contribution in [2.45, 2.75) is 26.2 Å². The second-order valence-corrected chi connectivity index (χ2v) is 6.03. The van der Waals surface area contributed by atoms with Gasteiger partial charge < -0.3 is 5.11 Å². The lowest BCUT2D eigenvalue weighted by Crippen LogP contribution is -2.12. The zero-order chi connectivity index (χ0) is 14.9. The summed E-state index contributed by atoms with van der Waals surface area (Å²) in [5.74, 6) is -1.01. The molecule has 0 saturated heterocycles. The molecule has 0 unspecified atom stereocenters. The number of carboxylic acids is 1. The van der Waals surface area contributed by atoms with E-state index in [-0.39, 0.29) is 5.41 Å². The van der Waals surface area contributed by atoms with E-state index in [2.05, 4.69) is 25.8 Å². The second-order valence-electron chi connectivity index (χ2n) is 5.67. The van der Waals surface area contributed by atoms with Crippen molar-refractivity contribution < 1.29 is 9.90 Å². The largest absolute Gasteiger partial charge is 0.478 e. The minimum Gasteiger partial charge on any atom is -0.478 e. The van der Waals surface area contributed by atoms with E-state index in [0.29, 0.717) is 10.7 Å². The molecule has 0 saturated carbocycles. The molecule has 0 amide bonds. The Labute approximate surface area is 122 Å². The molecule has 2 aromatic rings. The average molecular weight is 290 g/mol. The van der Waals surface area contributed by atoms with Crippen LogP contribution in [0.1, 0.15) is 31.9 Å². The molecule has 1 aromatic carbocycles. The number of pyridine rings is 1. The molecule has 0 aliphatic heterocycles. The van der Waals surface area contributed by atoms with Crippen LogP contribution in [0.25, 0.3) is 17.0 Å². The number of carbonyl (C=O) groups is 1. The summed E-state index contributed by atoms with van der Waals surface area (Å²) in [5.41, 5.74) is 2.55. The summed E-state index contributed by atoms with van der Waals surface area (Å²) in [6, 6.07) is 7.83. The second kappa shape index (κ2) is 5.25. The van der Waals surface area contributed by atoms with Gasteiger partial charge in [-0.05, 0) is 23.1 Å². The molecule has 0 radical (unpaired) electrons. The molecule has 20 heavy (non-hydrogen) atoms. The molecule has 0 bridgehead atoms. The minimum absolute atomic E-state index is 0.0335. The summed E-state index contributed by atoms with van der Waals surface area (Å²) >= 11 is 6.15. The smallest absolute Gasteiger partial charge is 0.328 e. The van der Waals surface area contributed by atoms with Crippen LogP contribution in [0.2, 0.25) is 5.15 Å². The molecular weight excluding hydrogens is 274 g/mol. The third-order valence-corrected chi connectivity index (χ3v) is 3.34. The fourth-order valence-corrected chi connectivity index (χ4v) is 2.28. The molecule has 0 spiro atoms. The van der Waals surface area contributed by atoms with Gasteiger partial charge in [0.25, 0.3) is 0 Å². The molecule has 1 N–H and O–H groups in total. The highest BCUT2D eigenvalue weighted by Gasteiger charge is 2.18. The monoisotopic (exact) mass is 289 g/mol. The van der Waals surface area contributed by atoms with E-state index in [1.54, 1.807) is 0 Å². The standard InChI is InChI=1S/C16H16ClNO2/c1-16(2,3)12-6-4-5-10-9-11(7-8-13(19)20)15(17)18-14(10)12/h4-9H,1-3H3,(H,19,20)/b8-7+. The first-order valence-electron chi connectivity index (χ1n) is 6.30. The Hall–Kier alpha value is -1.87. The molecule has 0 fully saturated rings. The van der Waals surface area contributed by atoms with Crippen LogP contribution >= 0.6 is 11.6 Å². The van der Waals surface area contributed by atoms with Crippen LogP contribution < -0.4 is 0 Å². The van der Waals surface area contributed by atoms with Crippen LogP contribution in [0.4, 0.5) is 0 Å². The molecular formula is C16H16ClNO2. The summed E-state index contributed by atoms with van der Waals surface area (Å²) in [7, 11) is 0. The van der Waals surface area contributed by atoms with Gasteiger partial charge in [0.2, 0.25) is 0 Å². The van der Waals surface area contributed by atoms with Crippen molar-refractivity contribution in [2.75, 3.05) is 0 Å². The highest BCUT2D eigenvalue weighted by Crippen LogP contribution is 2.31. The maximum Gasteiger partial charge on any atom is 0.328 e. The van der Waals surface area contributed by atoms with E-state index in [1.807, 2.05) is 24.3 Å². The van der Waals surface area contributed by atoms with E-state index in [4.69, 9.17) is 16.7 Å². The van der Waals surface area contributed by atoms with Crippen molar-refractivity contribution in [1.82, 2.24) is 4.98 Å². The van der Waals surface area contributed by atoms with E-state index < -0.39 is 5.97 Å². The molecule has 0 atom stereocenters. The lowest BCUT2D eigenvalue weighted by molar-refractivity contribution is -0.131. The molecule has 3 nitrogen and oxygen atoms in total. The van der Waals surface area contributed by atoms with Gasteiger partial charge in [-0.3, -0.25) is 0 Å². The lowest BCUT2D eigenvalue weighted by Gasteiger charge is -2.20. The maximum atomic E-state index is 10.6. The van der Waals surface area contributed by atoms with Crippen LogP contribution in [-0.2, 0) is 10.2 Å². The van der Waals surface area contributed by atoms with Gasteiger partial charge in [-0.25, -0.2) is 9.78 Å². The Morgan fingerprint density at radius 3 is 2.65 bits per heavy atom. The van der Waals surface area contributed by atoms with Crippen molar-refractivity contribution in [2.24, 2.45) is 0 Å². The number of carboxylic acid groups (broad SMARTS) is 1. The Balaban J connectivity index is 2.65. The van der Waals surface area contributed by atoms with Gasteiger partial charge in [-0.2, -0.15) is 0 Å². The number of hydrogen-bond acceptors (Lipinski definition) is 2. The quantitative estimate of drug-likeness (QED) is 0.663. The number of fused-ring (bicyclic) bond motifs is 1. The van der Waals surface area contributed by atoms with Gasteiger partial charge in [0, 0.05) is 17.0 Å². The fraction of sp³-hybridized carbons (Fsp3) is 0.250. The van der Waals surface area contributed by atoms with E-state index in [0.717, 1.165) is 22.5 Å². The lowest BCUT2D eigenvalue weighted by atomic mass is 9.85. The Morgan fingerprint density at radius 2 is 2.05 bits per heavy atom. The fourth-order valence-electron chi connectivity index (χ4n) is 2.08. The molecule has 104 valence electrons. The van der Waals surface area contributed by atoms with Crippen molar-refractivity contribution in [3.63, 3.8) is 0 Å². The zero-order valence-corrected chi connectivity index (χ0v) is 12.4. The van der Waals surface area contributed by atoms with E-state index >= 15 is 0 Å². The van der Waals surface area contributed by atoms with Gasteiger partial charge in [0.15, 0.2) is 0 Å². The van der Waals surface area contributed by atoms with Crippen LogP contribution in [-0.4, -0.2) is 16.1 Å². The summed E-state index contributed by atoms with van der Waals surface area (Å²) in [4.78, 5) is 15.0. The first-order chi connectivity index (χ1) is 9.29. The van der Waals surface area contributed by atoms with Crippen LogP contribution in [0.5, 0.6) is 0 Å². The summed E-state index contributed by atoms with van der Waals surface area (Å²) < 4.78 is 0. The molecule has 1 heterocycles. The van der Waals surface area contributed by atoms with Gasteiger partial charge >= 0.3 is 5.97 Å². The maximum absolute atomic E-state index is 10.6. The molecule has 2 rings (SSSR count). The SMILES string of the molecule is CC(C)(C)c1cccc2cc(/C=C/C(=O)O)c(Cl)nc12. The number of aromatic nitrogens is 1. The third-order valence-electron chi connectivity index (χ3n) is 3.04. The van der Waals surface area contributed by atoms with E-state index in [9.17, 15) is 4.79 Å². The normalized spacial score (nSPS) is 12.2. The predicted octanol–water partition coefficient (Wildman–Crippen LogP) is 4.28. The summed E-state index contributed by atoms with van der Waals surface area (Å²) in [6.07, 6.45) is 2.52. The first-order valence-corrected chi connectivity index (χ1v) is 6.67. The third kappa shape index (κ3) is 2.99. The molecule has 1 aromatic heterocycles. The van der Waals surface area contributed by atoms with Gasteiger partial charge in [-0.15, -0.1) is 0 Å². The first kappa shape index (κ1) is 14.5. The molecule has 0 aliphatic carbocycles. The minimum atomic E-state index is -1.01. The highest BCUT2D eigenvalue weighted by atomic mass is 35.5. The Morgan fingerprint density at radius 1 is 1.35 bits per heavy atom. The van der Waals surface area contributed by atoms with Gasteiger partial charge in [0.05, 0.1) is 5.52 Å². The van der Waals surface area contributed by atoms with Crippen molar-refractivity contribution in [3.05, 3.63) is 46.6 Å². The number of nitrogens with zero attached hydrogens (tertiary/aromatic N) is 1. The highest BCUT2D eigenvalue weighted by molar-refractivity contribution is 6.31. The van der Waals surface area contributed by atoms with Crippen molar-refractivity contribution in [3.8, 4) is 0 Å². The predicted molar refractivity (Wildman–Crippen MR) is 82.1 cm³/mol. The number of para-hydroxylation sites is 1. The van der Waals surface area contributed by atoms with Gasteiger partial charge in [-0.1, -0.05) is 50.6 Å². The topological polar surface area (TPSA) is 50.2 Å².